The number of hydrogen-bond acceptors (Lipinski definition) is 4. The minimum Gasteiger partial charge on any atom is -0.369 e. The molecule has 0 amide bonds. The van der Waals surface area contributed by atoms with E-state index in [1.54, 1.807) is 10.4 Å². The highest BCUT2D eigenvalue weighted by molar-refractivity contribution is 7.89. The first-order valence-electron chi connectivity index (χ1n) is 10.1. The summed E-state index contributed by atoms with van der Waals surface area (Å²) in [5, 5.41) is 1.11. The fourth-order valence-corrected chi connectivity index (χ4v) is 5.80. The van der Waals surface area contributed by atoms with Crippen LogP contribution >= 0.6 is 0 Å². The quantitative estimate of drug-likeness (QED) is 0.692. The number of fused-ring (bicyclic) bond motifs is 1. The zero-order chi connectivity index (χ0) is 20.2. The van der Waals surface area contributed by atoms with Crippen LogP contribution in [0.4, 0.5) is 5.69 Å². The maximum atomic E-state index is 13.0. The monoisotopic (exact) mass is 410 g/mol. The van der Waals surface area contributed by atoms with Crippen molar-refractivity contribution < 1.29 is 8.42 Å². The Hall–Kier alpha value is -2.35. The van der Waals surface area contributed by atoms with Crippen molar-refractivity contribution in [3.8, 4) is 11.3 Å². The van der Waals surface area contributed by atoms with E-state index in [4.69, 9.17) is 5.73 Å². The first-order valence-corrected chi connectivity index (χ1v) is 11.5. The molecule has 0 spiro atoms. The first-order chi connectivity index (χ1) is 13.8. The average molecular weight is 411 g/mol. The number of H-pyrrole nitrogens is 1. The highest BCUT2D eigenvalue weighted by Crippen LogP contribution is 2.38. The second kappa shape index (κ2) is 6.58. The summed E-state index contributed by atoms with van der Waals surface area (Å²) in [7, 11) is -3.45. The minimum absolute atomic E-state index is 0.236. The molecule has 3 heterocycles. The summed E-state index contributed by atoms with van der Waals surface area (Å²) in [5.74, 6) is 0. The summed E-state index contributed by atoms with van der Waals surface area (Å²) >= 11 is 0. The van der Waals surface area contributed by atoms with Gasteiger partial charge in [-0.25, -0.2) is 8.42 Å². The molecule has 0 radical (unpaired) electrons. The summed E-state index contributed by atoms with van der Waals surface area (Å²) in [6.45, 7) is 4.88. The van der Waals surface area contributed by atoms with E-state index in [0.717, 1.165) is 53.8 Å². The standard InChI is InChI=1S/C22H26N4O2S/c1-22(23)9-12-25(15-22)21-8-7-17(29(27,28)26-10-4-11-26)14-18(21)20-13-16-5-2-3-6-19(16)24-20/h2-3,5-8,13-14,24H,4,9-12,15,23H2,1H3. The van der Waals surface area contributed by atoms with E-state index in [2.05, 4.69) is 28.9 Å². The number of nitrogens with one attached hydrogen (secondary N) is 1. The lowest BCUT2D eigenvalue weighted by Crippen LogP contribution is -2.42. The van der Waals surface area contributed by atoms with E-state index < -0.39 is 10.0 Å². The predicted molar refractivity (Wildman–Crippen MR) is 117 cm³/mol. The van der Waals surface area contributed by atoms with Crippen LogP contribution in [0.5, 0.6) is 0 Å². The number of rotatable bonds is 4. The molecule has 2 aliphatic heterocycles. The van der Waals surface area contributed by atoms with E-state index in [1.165, 1.54) is 0 Å². The molecule has 2 aliphatic rings. The average Bonchev–Trinajstić information content (AvgIpc) is 3.22. The Morgan fingerprint density at radius 2 is 1.86 bits per heavy atom. The first kappa shape index (κ1) is 18.7. The molecular weight excluding hydrogens is 384 g/mol. The van der Waals surface area contributed by atoms with Crippen molar-refractivity contribution >= 4 is 26.6 Å². The molecule has 5 rings (SSSR count). The van der Waals surface area contributed by atoms with Gasteiger partial charge in [-0.3, -0.25) is 0 Å². The van der Waals surface area contributed by atoms with Gasteiger partial charge in [0.25, 0.3) is 0 Å². The van der Waals surface area contributed by atoms with Crippen molar-refractivity contribution in [2.75, 3.05) is 31.1 Å². The van der Waals surface area contributed by atoms with Crippen LogP contribution in [0.25, 0.3) is 22.2 Å². The zero-order valence-electron chi connectivity index (χ0n) is 16.6. The number of aromatic nitrogens is 1. The summed E-state index contributed by atoms with van der Waals surface area (Å²) in [4.78, 5) is 6.08. The Labute approximate surface area is 171 Å². The third-order valence-electron chi connectivity index (χ3n) is 6.09. The number of hydrogen-bond donors (Lipinski definition) is 2. The Morgan fingerprint density at radius 3 is 2.52 bits per heavy atom. The Balaban J connectivity index is 1.65. The van der Waals surface area contributed by atoms with Gasteiger partial charge in [0.05, 0.1) is 4.90 Å². The largest absolute Gasteiger partial charge is 0.369 e. The molecule has 29 heavy (non-hydrogen) atoms. The van der Waals surface area contributed by atoms with Crippen molar-refractivity contribution in [3.05, 3.63) is 48.5 Å². The number of benzene rings is 2. The maximum absolute atomic E-state index is 13.0. The Bertz CT molecular complexity index is 1150. The highest BCUT2D eigenvalue weighted by atomic mass is 32.2. The Morgan fingerprint density at radius 1 is 1.07 bits per heavy atom. The molecule has 1 aromatic heterocycles. The van der Waals surface area contributed by atoms with Crippen LogP contribution in [-0.4, -0.2) is 49.4 Å². The third-order valence-corrected chi connectivity index (χ3v) is 7.98. The van der Waals surface area contributed by atoms with Crippen molar-refractivity contribution in [3.63, 3.8) is 0 Å². The SMILES string of the molecule is CC1(N)CCN(c2ccc(S(=O)(=O)N3CCC3)cc2-c2cc3ccccc3[nH]2)C1. The molecule has 0 bridgehead atoms. The summed E-state index contributed by atoms with van der Waals surface area (Å²) in [5.41, 5.74) is 10.0. The van der Waals surface area contributed by atoms with Gasteiger partial charge in [0, 0.05) is 59.6 Å². The summed E-state index contributed by atoms with van der Waals surface area (Å²) < 4.78 is 27.5. The van der Waals surface area contributed by atoms with E-state index >= 15 is 0 Å². The van der Waals surface area contributed by atoms with Gasteiger partial charge in [-0.1, -0.05) is 18.2 Å². The maximum Gasteiger partial charge on any atom is 0.243 e. The molecule has 0 aliphatic carbocycles. The number of sulfonamides is 1. The van der Waals surface area contributed by atoms with Gasteiger partial charge in [0.1, 0.15) is 0 Å². The molecule has 3 aromatic rings. The van der Waals surface area contributed by atoms with E-state index in [1.807, 2.05) is 30.3 Å². The third kappa shape index (κ3) is 3.23. The van der Waals surface area contributed by atoms with Gasteiger partial charge in [-0.15, -0.1) is 0 Å². The molecular formula is C22H26N4O2S. The number of nitrogens with two attached hydrogens (primary N) is 1. The number of nitrogens with zero attached hydrogens (tertiary/aromatic N) is 2. The molecule has 2 aromatic carbocycles. The van der Waals surface area contributed by atoms with E-state index in [9.17, 15) is 8.42 Å². The predicted octanol–water partition coefficient (Wildman–Crippen LogP) is 3.16. The minimum atomic E-state index is -3.45. The second-order valence-corrected chi connectivity index (χ2v) is 10.5. The Kier molecular flexibility index (Phi) is 4.24. The lowest BCUT2D eigenvalue weighted by atomic mass is 10.0. The van der Waals surface area contributed by atoms with Crippen molar-refractivity contribution in [2.24, 2.45) is 5.73 Å². The van der Waals surface area contributed by atoms with Crippen LogP contribution < -0.4 is 10.6 Å². The molecule has 2 saturated heterocycles. The van der Waals surface area contributed by atoms with Crippen LogP contribution in [-0.2, 0) is 10.0 Å². The van der Waals surface area contributed by atoms with Crippen LogP contribution in [0.3, 0.4) is 0 Å². The van der Waals surface area contributed by atoms with Gasteiger partial charge < -0.3 is 15.6 Å². The highest BCUT2D eigenvalue weighted by Gasteiger charge is 2.33. The lowest BCUT2D eigenvalue weighted by Gasteiger charge is -2.30. The number of anilines is 1. The van der Waals surface area contributed by atoms with Gasteiger partial charge >= 0.3 is 0 Å². The molecule has 1 atom stereocenters. The number of para-hydroxylation sites is 1. The van der Waals surface area contributed by atoms with Crippen LogP contribution in [0.1, 0.15) is 19.8 Å². The van der Waals surface area contributed by atoms with Crippen LogP contribution in [0.15, 0.2) is 53.4 Å². The molecule has 1 unspecified atom stereocenters. The van der Waals surface area contributed by atoms with Gasteiger partial charge in [0.2, 0.25) is 10.0 Å². The van der Waals surface area contributed by atoms with Gasteiger partial charge in [-0.05, 0) is 50.1 Å². The molecule has 3 N–H and O–H groups in total. The molecule has 2 fully saturated rings. The normalized spacial score (nSPS) is 22.9. The molecule has 6 nitrogen and oxygen atoms in total. The fourth-order valence-electron chi connectivity index (χ4n) is 4.25. The van der Waals surface area contributed by atoms with Crippen LogP contribution in [0.2, 0.25) is 0 Å². The summed E-state index contributed by atoms with van der Waals surface area (Å²) in [6, 6.07) is 15.7. The van der Waals surface area contributed by atoms with Crippen molar-refractivity contribution in [2.45, 2.75) is 30.2 Å². The molecule has 152 valence electrons. The zero-order valence-corrected chi connectivity index (χ0v) is 17.4. The topological polar surface area (TPSA) is 82.4 Å². The fraction of sp³-hybridized carbons (Fsp3) is 0.364. The molecule has 0 saturated carbocycles. The van der Waals surface area contributed by atoms with Crippen molar-refractivity contribution in [1.29, 1.82) is 0 Å². The smallest absolute Gasteiger partial charge is 0.243 e. The van der Waals surface area contributed by atoms with E-state index in [-0.39, 0.29) is 5.54 Å². The van der Waals surface area contributed by atoms with Gasteiger partial charge in [0.15, 0.2) is 0 Å². The number of aromatic amines is 1. The summed E-state index contributed by atoms with van der Waals surface area (Å²) in [6.07, 6.45) is 1.84. The molecule has 7 heteroatoms. The van der Waals surface area contributed by atoms with Gasteiger partial charge in [-0.2, -0.15) is 4.31 Å². The van der Waals surface area contributed by atoms with E-state index in [0.29, 0.717) is 18.0 Å². The lowest BCUT2D eigenvalue weighted by molar-refractivity contribution is 0.309. The second-order valence-electron chi connectivity index (χ2n) is 8.53. The van der Waals surface area contributed by atoms with Crippen LogP contribution in [0, 0.1) is 0 Å². The van der Waals surface area contributed by atoms with Crippen molar-refractivity contribution in [1.82, 2.24) is 9.29 Å².